The van der Waals surface area contributed by atoms with E-state index in [-0.39, 0.29) is 11.7 Å². The molecule has 1 N–H and O–H groups in total. The number of aryl methyl sites for hydroxylation is 3. The molecule has 2 aromatic carbocycles. The Labute approximate surface area is 196 Å². The quantitative estimate of drug-likeness (QED) is 0.354. The van der Waals surface area contributed by atoms with Gasteiger partial charge in [0.2, 0.25) is 5.91 Å². The fraction of sp³-hybridized carbons (Fsp3) is 0.250. The van der Waals surface area contributed by atoms with Gasteiger partial charge < -0.3 is 9.88 Å². The molecule has 164 valence electrons. The third kappa shape index (κ3) is 4.92. The maximum atomic E-state index is 12.5. The average molecular weight is 464 g/mol. The minimum absolute atomic E-state index is 0.112. The zero-order valence-corrected chi connectivity index (χ0v) is 20.2. The van der Waals surface area contributed by atoms with Crippen molar-refractivity contribution in [3.8, 4) is 22.6 Å². The Bertz CT molecular complexity index is 1260. The molecule has 0 fully saturated rings. The second kappa shape index (κ2) is 9.67. The largest absolute Gasteiger partial charge is 0.302 e. The number of carbonyl (C=O) groups excluding carboxylic acids is 1. The van der Waals surface area contributed by atoms with Crippen molar-refractivity contribution in [3.63, 3.8) is 0 Å². The van der Waals surface area contributed by atoms with Crippen molar-refractivity contribution >= 4 is 34.1 Å². The van der Waals surface area contributed by atoms with E-state index in [1.807, 2.05) is 22.1 Å². The first kappa shape index (κ1) is 22.2. The number of hydrogen-bond acceptors (Lipinski definition) is 6. The van der Waals surface area contributed by atoms with Crippen LogP contribution in [0.5, 0.6) is 0 Å². The molecule has 2 heterocycles. The van der Waals surface area contributed by atoms with Crippen molar-refractivity contribution in [2.45, 2.75) is 39.4 Å². The van der Waals surface area contributed by atoms with Crippen LogP contribution in [0.1, 0.15) is 23.6 Å². The van der Waals surface area contributed by atoms with Crippen molar-refractivity contribution in [2.75, 3.05) is 11.1 Å². The van der Waals surface area contributed by atoms with Gasteiger partial charge in [-0.3, -0.25) is 4.79 Å². The molecular weight excluding hydrogens is 438 g/mol. The highest BCUT2D eigenvalue weighted by Crippen LogP contribution is 2.28. The molecule has 0 spiro atoms. The van der Waals surface area contributed by atoms with Gasteiger partial charge in [0.05, 0.1) is 11.4 Å². The molecule has 4 rings (SSSR count). The Hall–Kier alpha value is -2.97. The number of nitrogens with zero attached hydrogens (tertiary/aromatic N) is 4. The Morgan fingerprint density at radius 3 is 2.66 bits per heavy atom. The van der Waals surface area contributed by atoms with Crippen molar-refractivity contribution < 1.29 is 4.79 Å². The number of benzene rings is 2. The zero-order chi connectivity index (χ0) is 22.7. The van der Waals surface area contributed by atoms with Crippen LogP contribution in [0.2, 0.25) is 0 Å². The molecule has 0 unspecified atom stereocenters. The lowest BCUT2D eigenvalue weighted by Crippen LogP contribution is -2.14. The lowest BCUT2D eigenvalue weighted by atomic mass is 10.1. The highest BCUT2D eigenvalue weighted by atomic mass is 32.2. The molecule has 8 heteroatoms. The molecule has 6 nitrogen and oxygen atoms in total. The van der Waals surface area contributed by atoms with Gasteiger partial charge in [0.15, 0.2) is 16.1 Å². The smallest absolute Gasteiger partial charge is 0.236 e. The third-order valence-electron chi connectivity index (χ3n) is 5.19. The SMILES string of the molecule is CCn1c(SCC(=O)Nc2nc(-c3ccc(C)c(C)c3)cs2)nnc1-c1cccc(C)c1. The first-order chi connectivity index (χ1) is 15.4. The second-order valence-corrected chi connectivity index (χ2v) is 9.39. The highest BCUT2D eigenvalue weighted by molar-refractivity contribution is 7.99. The molecule has 0 radical (unpaired) electrons. The monoisotopic (exact) mass is 463 g/mol. The van der Waals surface area contributed by atoms with E-state index in [1.165, 1.54) is 39.8 Å². The topological polar surface area (TPSA) is 72.7 Å². The highest BCUT2D eigenvalue weighted by Gasteiger charge is 2.15. The molecule has 0 aliphatic rings. The number of thiazole rings is 1. The van der Waals surface area contributed by atoms with Crippen molar-refractivity contribution in [1.82, 2.24) is 19.7 Å². The standard InChI is InChI=1S/C24H25N5OS2/c1-5-29-22(19-8-6-7-15(2)11-19)27-28-24(29)32-14-21(30)26-23-25-20(13-31-23)18-10-9-16(3)17(4)12-18/h6-13H,5,14H2,1-4H3,(H,25,26,30). The molecule has 0 bridgehead atoms. The number of nitrogens with one attached hydrogen (secondary N) is 1. The molecule has 0 saturated carbocycles. The van der Waals surface area contributed by atoms with Gasteiger partial charge in [0, 0.05) is 23.1 Å². The number of anilines is 1. The van der Waals surface area contributed by atoms with E-state index in [4.69, 9.17) is 0 Å². The van der Waals surface area contributed by atoms with Gasteiger partial charge in [-0.2, -0.15) is 0 Å². The van der Waals surface area contributed by atoms with Gasteiger partial charge >= 0.3 is 0 Å². The van der Waals surface area contributed by atoms with E-state index < -0.39 is 0 Å². The average Bonchev–Trinajstić information content (AvgIpc) is 3.41. The fourth-order valence-corrected chi connectivity index (χ4v) is 4.87. The third-order valence-corrected chi connectivity index (χ3v) is 6.92. The molecule has 0 aliphatic carbocycles. The van der Waals surface area contributed by atoms with Crippen LogP contribution in [0, 0.1) is 20.8 Å². The van der Waals surface area contributed by atoms with Crippen LogP contribution in [-0.4, -0.2) is 31.4 Å². The summed E-state index contributed by atoms with van der Waals surface area (Å²) in [6.07, 6.45) is 0. The van der Waals surface area contributed by atoms with E-state index in [1.54, 1.807) is 0 Å². The summed E-state index contributed by atoms with van der Waals surface area (Å²) in [6.45, 7) is 9.01. The van der Waals surface area contributed by atoms with Gasteiger partial charge in [0.1, 0.15) is 0 Å². The molecule has 2 aromatic heterocycles. The van der Waals surface area contributed by atoms with E-state index in [0.717, 1.165) is 34.3 Å². The van der Waals surface area contributed by atoms with Crippen molar-refractivity contribution in [2.24, 2.45) is 0 Å². The first-order valence-electron chi connectivity index (χ1n) is 10.4. The lowest BCUT2D eigenvalue weighted by molar-refractivity contribution is -0.113. The van der Waals surface area contributed by atoms with E-state index >= 15 is 0 Å². The Morgan fingerprint density at radius 2 is 1.91 bits per heavy atom. The molecule has 0 saturated heterocycles. The molecular formula is C24H25N5OS2. The molecule has 32 heavy (non-hydrogen) atoms. The first-order valence-corrected chi connectivity index (χ1v) is 12.3. The summed E-state index contributed by atoms with van der Waals surface area (Å²) >= 11 is 2.81. The van der Waals surface area contributed by atoms with Gasteiger partial charge in [-0.05, 0) is 51.0 Å². The minimum atomic E-state index is -0.112. The van der Waals surface area contributed by atoms with Crippen LogP contribution >= 0.6 is 23.1 Å². The van der Waals surface area contributed by atoms with Crippen LogP contribution in [0.25, 0.3) is 22.6 Å². The lowest BCUT2D eigenvalue weighted by Gasteiger charge is -2.07. The van der Waals surface area contributed by atoms with Crippen LogP contribution in [0.4, 0.5) is 5.13 Å². The van der Waals surface area contributed by atoms with Crippen LogP contribution in [0.3, 0.4) is 0 Å². The van der Waals surface area contributed by atoms with Gasteiger partial charge in [-0.15, -0.1) is 21.5 Å². The zero-order valence-electron chi connectivity index (χ0n) is 18.5. The predicted octanol–water partition coefficient (Wildman–Crippen LogP) is 5.74. The van der Waals surface area contributed by atoms with E-state index in [9.17, 15) is 4.79 Å². The molecule has 4 aromatic rings. The van der Waals surface area contributed by atoms with Crippen LogP contribution in [-0.2, 0) is 11.3 Å². The second-order valence-electron chi connectivity index (χ2n) is 7.59. The number of aromatic nitrogens is 4. The normalized spacial score (nSPS) is 11.0. The number of rotatable bonds is 7. The molecule has 0 atom stereocenters. The number of carbonyl (C=O) groups is 1. The fourth-order valence-electron chi connectivity index (χ4n) is 3.33. The number of hydrogen-bond donors (Lipinski definition) is 1. The van der Waals surface area contributed by atoms with Gasteiger partial charge in [-0.1, -0.05) is 47.7 Å². The van der Waals surface area contributed by atoms with Crippen molar-refractivity contribution in [3.05, 3.63) is 64.5 Å². The Balaban J connectivity index is 1.40. The summed E-state index contributed by atoms with van der Waals surface area (Å²) in [5.74, 6) is 0.945. The van der Waals surface area contributed by atoms with Gasteiger partial charge in [0.25, 0.3) is 0 Å². The molecule has 1 amide bonds. The summed E-state index contributed by atoms with van der Waals surface area (Å²) < 4.78 is 2.04. The van der Waals surface area contributed by atoms with Gasteiger partial charge in [-0.25, -0.2) is 4.98 Å². The maximum Gasteiger partial charge on any atom is 0.236 e. The molecule has 0 aliphatic heterocycles. The summed E-state index contributed by atoms with van der Waals surface area (Å²) in [7, 11) is 0. The predicted molar refractivity (Wildman–Crippen MR) is 132 cm³/mol. The van der Waals surface area contributed by atoms with Crippen LogP contribution < -0.4 is 5.32 Å². The maximum absolute atomic E-state index is 12.5. The number of thioether (sulfide) groups is 1. The summed E-state index contributed by atoms with van der Waals surface area (Å²) in [6, 6.07) is 14.5. The number of amides is 1. The Kier molecular flexibility index (Phi) is 6.72. The van der Waals surface area contributed by atoms with E-state index in [2.05, 4.69) is 78.5 Å². The summed E-state index contributed by atoms with van der Waals surface area (Å²) in [5, 5.41) is 14.9. The summed E-state index contributed by atoms with van der Waals surface area (Å²) in [5.41, 5.74) is 6.60. The van der Waals surface area contributed by atoms with E-state index in [0.29, 0.717) is 5.13 Å². The van der Waals surface area contributed by atoms with Crippen molar-refractivity contribution in [1.29, 1.82) is 0 Å². The Morgan fingerprint density at radius 1 is 1.06 bits per heavy atom. The minimum Gasteiger partial charge on any atom is -0.302 e. The van der Waals surface area contributed by atoms with Crippen LogP contribution in [0.15, 0.2) is 53.0 Å². The summed E-state index contributed by atoms with van der Waals surface area (Å²) in [4.78, 5) is 17.1.